The Bertz CT molecular complexity index is 583. The quantitative estimate of drug-likeness (QED) is 0.832. The molecule has 0 saturated heterocycles. The van der Waals surface area contributed by atoms with Crippen molar-refractivity contribution in [1.82, 2.24) is 10.3 Å². The van der Waals surface area contributed by atoms with Gasteiger partial charge in [-0.2, -0.15) is 0 Å². The molecule has 1 aromatic carbocycles. The number of aryl methyl sites for hydroxylation is 1. The Hall–Kier alpha value is -1.19. The summed E-state index contributed by atoms with van der Waals surface area (Å²) in [5.41, 5.74) is 3.84. The smallest absolute Gasteiger partial charge is 0.120 e. The van der Waals surface area contributed by atoms with Gasteiger partial charge in [0.15, 0.2) is 0 Å². The molecule has 0 amide bonds. The Kier molecular flexibility index (Phi) is 2.73. The second-order valence-corrected chi connectivity index (χ2v) is 5.71. The van der Waals surface area contributed by atoms with Gasteiger partial charge in [0.2, 0.25) is 0 Å². The van der Waals surface area contributed by atoms with Gasteiger partial charge < -0.3 is 5.32 Å². The average molecular weight is 244 g/mol. The van der Waals surface area contributed by atoms with Gasteiger partial charge in [-0.1, -0.05) is 18.2 Å². The topological polar surface area (TPSA) is 24.9 Å². The molecule has 1 atom stereocenters. The maximum Gasteiger partial charge on any atom is 0.120 e. The van der Waals surface area contributed by atoms with Gasteiger partial charge in [0.05, 0.1) is 10.2 Å². The lowest BCUT2D eigenvalue weighted by atomic mass is 10.0. The molecular formula is C14H16N2S. The van der Waals surface area contributed by atoms with E-state index in [2.05, 4.69) is 43.4 Å². The molecule has 2 heterocycles. The molecule has 1 aromatic heterocycles. The highest BCUT2D eigenvalue weighted by atomic mass is 32.1. The van der Waals surface area contributed by atoms with E-state index in [4.69, 9.17) is 4.98 Å². The lowest BCUT2D eigenvalue weighted by Crippen LogP contribution is -2.29. The zero-order chi connectivity index (χ0) is 11.8. The lowest BCUT2D eigenvalue weighted by Gasteiger charge is -2.19. The first-order valence-electron chi connectivity index (χ1n) is 6.03. The summed E-state index contributed by atoms with van der Waals surface area (Å²) in [6.45, 7) is 5.32. The van der Waals surface area contributed by atoms with Crippen molar-refractivity contribution < 1.29 is 0 Å². The number of hydrogen-bond donors (Lipinski definition) is 1. The number of nitrogens with zero attached hydrogens (tertiary/aromatic N) is 1. The van der Waals surface area contributed by atoms with Crippen molar-refractivity contribution in [2.24, 2.45) is 0 Å². The van der Waals surface area contributed by atoms with E-state index in [1.165, 1.54) is 26.4 Å². The predicted octanol–water partition coefficient (Wildman–Crippen LogP) is 3.37. The first-order valence-corrected chi connectivity index (χ1v) is 6.84. The van der Waals surface area contributed by atoms with Crippen molar-refractivity contribution >= 4 is 27.1 Å². The first kappa shape index (κ1) is 10.9. The third kappa shape index (κ3) is 2.01. The van der Waals surface area contributed by atoms with Crippen LogP contribution in [-0.2, 0) is 0 Å². The molecule has 0 saturated carbocycles. The van der Waals surface area contributed by atoms with E-state index in [9.17, 15) is 0 Å². The number of nitrogens with one attached hydrogen (secondary N) is 1. The zero-order valence-electron chi connectivity index (χ0n) is 10.2. The van der Waals surface area contributed by atoms with Gasteiger partial charge in [-0.15, -0.1) is 11.3 Å². The number of benzene rings is 1. The largest absolute Gasteiger partial charge is 0.310 e. The molecule has 3 rings (SSSR count). The summed E-state index contributed by atoms with van der Waals surface area (Å²) in [6, 6.07) is 6.96. The second kappa shape index (κ2) is 4.24. The molecule has 0 bridgehead atoms. The molecule has 0 radical (unpaired) electrons. The van der Waals surface area contributed by atoms with Crippen LogP contribution in [0.4, 0.5) is 0 Å². The second-order valence-electron chi connectivity index (χ2n) is 4.68. The molecule has 1 aliphatic rings. The number of fused-ring (bicyclic) bond motifs is 1. The fourth-order valence-electron chi connectivity index (χ4n) is 2.27. The Balaban J connectivity index is 2.06. The minimum absolute atomic E-state index is 0.558. The molecular weight excluding hydrogens is 228 g/mol. The molecule has 2 aromatic rings. The van der Waals surface area contributed by atoms with E-state index in [1.807, 2.05) is 11.3 Å². The minimum Gasteiger partial charge on any atom is -0.310 e. The van der Waals surface area contributed by atoms with E-state index in [1.54, 1.807) is 0 Å². The number of rotatable bonds is 1. The Morgan fingerprint density at radius 2 is 2.29 bits per heavy atom. The minimum atomic E-state index is 0.558. The van der Waals surface area contributed by atoms with Crippen LogP contribution in [0.5, 0.6) is 0 Å². The van der Waals surface area contributed by atoms with Gasteiger partial charge in [-0.05, 0) is 37.5 Å². The zero-order valence-corrected chi connectivity index (χ0v) is 11.0. The highest BCUT2D eigenvalue weighted by Gasteiger charge is 2.15. The lowest BCUT2D eigenvalue weighted by molar-refractivity contribution is 0.579. The van der Waals surface area contributed by atoms with Crippen molar-refractivity contribution in [2.45, 2.75) is 26.3 Å². The molecule has 1 aliphatic heterocycles. The van der Waals surface area contributed by atoms with Gasteiger partial charge in [-0.3, -0.25) is 0 Å². The van der Waals surface area contributed by atoms with Crippen LogP contribution in [-0.4, -0.2) is 17.6 Å². The SMILES string of the molecule is Cc1cccc2sc(C3=CCNC(C)C3)nc12. The normalized spacial score (nSPS) is 20.6. The Morgan fingerprint density at radius 3 is 3.06 bits per heavy atom. The highest BCUT2D eigenvalue weighted by Crippen LogP contribution is 2.31. The third-order valence-electron chi connectivity index (χ3n) is 3.24. The third-order valence-corrected chi connectivity index (χ3v) is 4.33. The molecule has 1 N–H and O–H groups in total. The molecule has 0 fully saturated rings. The van der Waals surface area contributed by atoms with Crippen LogP contribution in [0.3, 0.4) is 0 Å². The van der Waals surface area contributed by atoms with E-state index in [-0.39, 0.29) is 0 Å². The van der Waals surface area contributed by atoms with Crippen molar-refractivity contribution in [3.8, 4) is 0 Å². The Labute approximate surface area is 105 Å². The molecule has 0 spiro atoms. The van der Waals surface area contributed by atoms with Crippen LogP contribution in [0, 0.1) is 6.92 Å². The summed E-state index contributed by atoms with van der Waals surface area (Å²) >= 11 is 1.81. The van der Waals surface area contributed by atoms with Gasteiger partial charge >= 0.3 is 0 Å². The van der Waals surface area contributed by atoms with E-state index in [0.717, 1.165) is 13.0 Å². The summed E-state index contributed by atoms with van der Waals surface area (Å²) in [6.07, 6.45) is 3.35. The van der Waals surface area contributed by atoms with Crippen LogP contribution in [0.15, 0.2) is 24.3 Å². The molecule has 3 heteroatoms. The first-order chi connectivity index (χ1) is 8.24. The van der Waals surface area contributed by atoms with Crippen LogP contribution in [0.25, 0.3) is 15.8 Å². The summed E-state index contributed by atoms with van der Waals surface area (Å²) in [7, 11) is 0. The van der Waals surface area contributed by atoms with E-state index in [0.29, 0.717) is 6.04 Å². The molecule has 2 nitrogen and oxygen atoms in total. The Morgan fingerprint density at radius 1 is 1.41 bits per heavy atom. The van der Waals surface area contributed by atoms with Gasteiger partial charge in [0.25, 0.3) is 0 Å². The standard InChI is InChI=1S/C14H16N2S/c1-9-4-3-5-12-13(9)16-14(17-12)11-6-7-15-10(2)8-11/h3-6,10,15H,7-8H2,1-2H3. The van der Waals surface area contributed by atoms with Crippen LogP contribution in [0.1, 0.15) is 23.9 Å². The predicted molar refractivity (Wildman–Crippen MR) is 74.4 cm³/mol. The van der Waals surface area contributed by atoms with Crippen LogP contribution < -0.4 is 5.32 Å². The monoisotopic (exact) mass is 244 g/mol. The van der Waals surface area contributed by atoms with Crippen molar-refractivity contribution in [3.63, 3.8) is 0 Å². The van der Waals surface area contributed by atoms with Crippen LogP contribution >= 0.6 is 11.3 Å². The van der Waals surface area contributed by atoms with E-state index >= 15 is 0 Å². The van der Waals surface area contributed by atoms with Crippen LogP contribution in [0.2, 0.25) is 0 Å². The highest BCUT2D eigenvalue weighted by molar-refractivity contribution is 7.19. The molecule has 1 unspecified atom stereocenters. The van der Waals surface area contributed by atoms with Gasteiger partial charge in [0, 0.05) is 12.6 Å². The molecule has 0 aliphatic carbocycles. The van der Waals surface area contributed by atoms with Crippen molar-refractivity contribution in [1.29, 1.82) is 0 Å². The molecule has 17 heavy (non-hydrogen) atoms. The van der Waals surface area contributed by atoms with E-state index < -0.39 is 0 Å². The number of thiazole rings is 1. The number of para-hydroxylation sites is 1. The molecule has 88 valence electrons. The summed E-state index contributed by atoms with van der Waals surface area (Å²) < 4.78 is 1.30. The fraction of sp³-hybridized carbons (Fsp3) is 0.357. The summed E-state index contributed by atoms with van der Waals surface area (Å²) in [5.74, 6) is 0. The number of aromatic nitrogens is 1. The number of hydrogen-bond acceptors (Lipinski definition) is 3. The average Bonchev–Trinajstić information content (AvgIpc) is 2.74. The summed E-state index contributed by atoms with van der Waals surface area (Å²) in [4.78, 5) is 4.79. The fourth-order valence-corrected chi connectivity index (χ4v) is 3.36. The van der Waals surface area contributed by atoms with Crippen molar-refractivity contribution in [2.75, 3.05) is 6.54 Å². The van der Waals surface area contributed by atoms with Gasteiger partial charge in [0.1, 0.15) is 5.01 Å². The maximum absolute atomic E-state index is 4.79. The van der Waals surface area contributed by atoms with Crippen molar-refractivity contribution in [3.05, 3.63) is 34.8 Å². The maximum atomic E-state index is 4.79. The summed E-state index contributed by atoms with van der Waals surface area (Å²) in [5, 5.41) is 4.62. The van der Waals surface area contributed by atoms with Gasteiger partial charge in [-0.25, -0.2) is 4.98 Å².